The summed E-state index contributed by atoms with van der Waals surface area (Å²) in [4.78, 5) is 35.1. The summed E-state index contributed by atoms with van der Waals surface area (Å²) < 4.78 is 10.3. The summed E-state index contributed by atoms with van der Waals surface area (Å²) in [6, 6.07) is 5.17. The van der Waals surface area contributed by atoms with Gasteiger partial charge in [-0.3, -0.25) is 14.9 Å². The molecule has 0 aliphatic rings. The number of aryl methyl sites for hydroxylation is 1. The minimum atomic E-state index is -1.11. The van der Waals surface area contributed by atoms with Crippen LogP contribution in [0.5, 0.6) is 5.75 Å². The topological polar surface area (TPSA) is 123 Å². The second kappa shape index (κ2) is 7.04. The first-order valence-corrected chi connectivity index (χ1v) is 7.15. The van der Waals surface area contributed by atoms with Crippen molar-refractivity contribution < 1.29 is 28.8 Å². The number of nitrogens with zero attached hydrogens (tertiary/aromatic N) is 2. The molecule has 0 atom stereocenters. The Hall–Kier alpha value is -3.36. The van der Waals surface area contributed by atoms with Crippen LogP contribution >= 0.6 is 0 Å². The number of carbonyl (C=O) groups is 2. The number of amides is 1. The number of carboxylic acids is 1. The number of methoxy groups -OCH3 is 1. The monoisotopic (exact) mass is 348 g/mol. The van der Waals surface area contributed by atoms with Gasteiger partial charge in [0.05, 0.1) is 18.6 Å². The van der Waals surface area contributed by atoms with E-state index >= 15 is 0 Å². The van der Waals surface area contributed by atoms with Crippen molar-refractivity contribution in [1.82, 2.24) is 4.90 Å². The molecule has 1 amide bonds. The van der Waals surface area contributed by atoms with E-state index in [0.29, 0.717) is 5.76 Å². The van der Waals surface area contributed by atoms with Gasteiger partial charge in [-0.15, -0.1) is 0 Å². The molecule has 0 bridgehead atoms. The largest absolute Gasteiger partial charge is 0.490 e. The van der Waals surface area contributed by atoms with Crippen LogP contribution in [-0.4, -0.2) is 41.0 Å². The Bertz CT molecular complexity index is 841. The quantitative estimate of drug-likeness (QED) is 0.628. The highest BCUT2D eigenvalue weighted by Crippen LogP contribution is 2.28. The number of furan rings is 1. The van der Waals surface area contributed by atoms with Gasteiger partial charge in [0.15, 0.2) is 5.75 Å². The highest BCUT2D eigenvalue weighted by atomic mass is 16.6. The molecular formula is C16H16N2O7. The highest BCUT2D eigenvalue weighted by molar-refractivity contribution is 5.95. The summed E-state index contributed by atoms with van der Waals surface area (Å²) in [7, 11) is 2.79. The zero-order valence-electron chi connectivity index (χ0n) is 13.8. The number of rotatable bonds is 6. The van der Waals surface area contributed by atoms with Crippen LogP contribution in [0.25, 0.3) is 0 Å². The number of carbonyl (C=O) groups excluding carboxylic acids is 1. The van der Waals surface area contributed by atoms with E-state index in [9.17, 15) is 19.7 Å². The summed E-state index contributed by atoms with van der Waals surface area (Å²) in [6.45, 7) is 1.57. The molecule has 0 fully saturated rings. The average Bonchev–Trinajstić information content (AvgIpc) is 2.93. The number of nitro benzene ring substituents is 1. The van der Waals surface area contributed by atoms with Crippen molar-refractivity contribution in [2.24, 2.45) is 0 Å². The predicted octanol–water partition coefficient (Wildman–Crippen LogP) is 2.48. The van der Waals surface area contributed by atoms with Crippen LogP contribution in [0.15, 0.2) is 28.7 Å². The highest BCUT2D eigenvalue weighted by Gasteiger charge is 2.21. The predicted molar refractivity (Wildman–Crippen MR) is 85.9 cm³/mol. The van der Waals surface area contributed by atoms with Crippen molar-refractivity contribution >= 4 is 17.6 Å². The van der Waals surface area contributed by atoms with Crippen LogP contribution in [-0.2, 0) is 6.54 Å². The molecule has 9 nitrogen and oxygen atoms in total. The van der Waals surface area contributed by atoms with Gasteiger partial charge in [0.25, 0.3) is 5.91 Å². The number of aromatic carboxylic acids is 1. The normalized spacial score (nSPS) is 10.4. The second-order valence-electron chi connectivity index (χ2n) is 5.29. The van der Waals surface area contributed by atoms with E-state index in [2.05, 4.69) is 0 Å². The molecule has 2 aromatic rings. The van der Waals surface area contributed by atoms with Crippen LogP contribution in [0.2, 0.25) is 0 Å². The SMILES string of the molecule is COc1cc(C(=O)N(C)Cc2cc(C(=O)O)c(C)o2)ccc1[N+](=O)[O-]. The molecule has 0 saturated heterocycles. The first-order valence-electron chi connectivity index (χ1n) is 7.15. The van der Waals surface area contributed by atoms with E-state index in [-0.39, 0.29) is 34.9 Å². The van der Waals surface area contributed by atoms with Crippen molar-refractivity contribution in [2.45, 2.75) is 13.5 Å². The molecule has 132 valence electrons. The van der Waals surface area contributed by atoms with E-state index in [1.165, 1.54) is 50.2 Å². The third-order valence-corrected chi connectivity index (χ3v) is 3.56. The zero-order valence-corrected chi connectivity index (χ0v) is 13.8. The lowest BCUT2D eigenvalue weighted by Gasteiger charge is -2.16. The van der Waals surface area contributed by atoms with E-state index in [1.807, 2.05) is 0 Å². The van der Waals surface area contributed by atoms with E-state index in [4.69, 9.17) is 14.3 Å². The lowest BCUT2D eigenvalue weighted by atomic mass is 10.1. The van der Waals surface area contributed by atoms with Gasteiger partial charge in [0, 0.05) is 24.7 Å². The molecule has 0 aliphatic heterocycles. The number of hydrogen-bond acceptors (Lipinski definition) is 6. The minimum absolute atomic E-state index is 0.0220. The first kappa shape index (κ1) is 18.0. The van der Waals surface area contributed by atoms with Gasteiger partial charge in [-0.2, -0.15) is 0 Å². The van der Waals surface area contributed by atoms with Gasteiger partial charge in [0.1, 0.15) is 17.1 Å². The van der Waals surface area contributed by atoms with E-state index in [0.717, 1.165) is 0 Å². The van der Waals surface area contributed by atoms with Gasteiger partial charge in [-0.1, -0.05) is 0 Å². The molecule has 0 saturated carbocycles. The zero-order chi connectivity index (χ0) is 18.7. The molecule has 0 aliphatic carbocycles. The maximum atomic E-state index is 12.5. The molecule has 0 unspecified atom stereocenters. The fourth-order valence-corrected chi connectivity index (χ4v) is 2.32. The maximum Gasteiger partial charge on any atom is 0.339 e. The number of carboxylic acid groups (broad SMARTS) is 1. The van der Waals surface area contributed by atoms with Gasteiger partial charge < -0.3 is 19.2 Å². The fraction of sp³-hybridized carbons (Fsp3) is 0.250. The number of benzene rings is 1. The van der Waals surface area contributed by atoms with Crippen molar-refractivity contribution in [3.63, 3.8) is 0 Å². The Balaban J connectivity index is 2.21. The smallest absolute Gasteiger partial charge is 0.339 e. The van der Waals surface area contributed by atoms with Crippen LogP contribution in [0.4, 0.5) is 5.69 Å². The molecule has 0 radical (unpaired) electrons. The van der Waals surface area contributed by atoms with Gasteiger partial charge in [0.2, 0.25) is 0 Å². The Morgan fingerprint density at radius 2 is 2.04 bits per heavy atom. The summed E-state index contributed by atoms with van der Waals surface area (Å²) in [5, 5.41) is 19.9. The molecular weight excluding hydrogens is 332 g/mol. The molecule has 1 N–H and O–H groups in total. The standard InChI is InChI=1S/C16H16N2O7/c1-9-12(16(20)21)7-11(25-9)8-17(2)15(19)10-4-5-13(18(22)23)14(6-10)24-3/h4-7H,8H2,1-3H3,(H,20,21). The number of ether oxygens (including phenoxy) is 1. The molecule has 25 heavy (non-hydrogen) atoms. The van der Waals surface area contributed by atoms with Crippen LogP contribution < -0.4 is 4.74 Å². The minimum Gasteiger partial charge on any atom is -0.490 e. The Morgan fingerprint density at radius 1 is 1.36 bits per heavy atom. The lowest BCUT2D eigenvalue weighted by Crippen LogP contribution is -2.26. The Labute approximate surface area is 142 Å². The number of nitro groups is 1. The second-order valence-corrected chi connectivity index (χ2v) is 5.29. The molecule has 2 rings (SSSR count). The molecule has 9 heteroatoms. The number of hydrogen-bond donors (Lipinski definition) is 1. The van der Waals surface area contributed by atoms with Crippen LogP contribution in [0.3, 0.4) is 0 Å². The van der Waals surface area contributed by atoms with Gasteiger partial charge >= 0.3 is 11.7 Å². The van der Waals surface area contributed by atoms with Crippen LogP contribution in [0, 0.1) is 17.0 Å². The molecule has 1 aromatic carbocycles. The fourth-order valence-electron chi connectivity index (χ4n) is 2.32. The summed E-state index contributed by atoms with van der Waals surface area (Å²) in [5.74, 6) is -0.980. The lowest BCUT2D eigenvalue weighted by molar-refractivity contribution is -0.385. The van der Waals surface area contributed by atoms with Crippen molar-refractivity contribution in [1.29, 1.82) is 0 Å². The van der Waals surface area contributed by atoms with E-state index < -0.39 is 16.8 Å². The summed E-state index contributed by atoms with van der Waals surface area (Å²) in [5.41, 5.74) is -0.00555. The van der Waals surface area contributed by atoms with Crippen molar-refractivity contribution in [3.05, 3.63) is 57.0 Å². The van der Waals surface area contributed by atoms with Gasteiger partial charge in [-0.25, -0.2) is 4.79 Å². The van der Waals surface area contributed by atoms with Gasteiger partial charge in [-0.05, 0) is 19.1 Å². The average molecular weight is 348 g/mol. The summed E-state index contributed by atoms with van der Waals surface area (Å²) in [6.07, 6.45) is 0. The Morgan fingerprint density at radius 3 is 2.56 bits per heavy atom. The molecule has 0 spiro atoms. The maximum absolute atomic E-state index is 12.5. The third kappa shape index (κ3) is 3.77. The van der Waals surface area contributed by atoms with Crippen LogP contribution in [0.1, 0.15) is 32.2 Å². The van der Waals surface area contributed by atoms with E-state index in [1.54, 1.807) is 0 Å². The van der Waals surface area contributed by atoms with Crippen molar-refractivity contribution in [3.8, 4) is 5.75 Å². The summed E-state index contributed by atoms with van der Waals surface area (Å²) >= 11 is 0. The van der Waals surface area contributed by atoms with Crippen molar-refractivity contribution in [2.75, 3.05) is 14.2 Å². The third-order valence-electron chi connectivity index (χ3n) is 3.56. The molecule has 1 aromatic heterocycles. The Kier molecular flexibility index (Phi) is 5.06. The first-order chi connectivity index (χ1) is 11.7. The molecule has 1 heterocycles.